The van der Waals surface area contributed by atoms with E-state index in [-0.39, 0.29) is 0 Å². The molecular weight excluding hydrogens is 136 g/mol. The van der Waals surface area contributed by atoms with Gasteiger partial charge in [-0.25, -0.2) is 9.97 Å². The minimum absolute atomic E-state index is 0.664. The first-order valence-electron chi connectivity index (χ1n) is 2.39. The Labute approximate surface area is 55.6 Å². The first-order valence-corrected chi connectivity index (χ1v) is 3.95. The lowest BCUT2D eigenvalue weighted by molar-refractivity contribution is 0.686. The van der Waals surface area contributed by atoms with Gasteiger partial charge in [0.25, 0.3) is 0 Å². The van der Waals surface area contributed by atoms with E-state index in [0.29, 0.717) is 4.90 Å². The van der Waals surface area contributed by atoms with Crippen molar-refractivity contribution >= 4 is 10.8 Å². The summed E-state index contributed by atoms with van der Waals surface area (Å²) < 4.78 is 10.7. The molecule has 1 rings (SSSR count). The molecule has 0 fully saturated rings. The molecule has 1 heterocycles. The van der Waals surface area contributed by atoms with Gasteiger partial charge < -0.3 is 0 Å². The van der Waals surface area contributed by atoms with Crippen LogP contribution in [0.1, 0.15) is 0 Å². The van der Waals surface area contributed by atoms with Crippen molar-refractivity contribution in [1.82, 2.24) is 9.97 Å². The third-order valence-corrected chi connectivity index (χ3v) is 1.74. The van der Waals surface area contributed by atoms with Crippen LogP contribution in [0.15, 0.2) is 23.6 Å². The molecule has 48 valence electrons. The quantitative estimate of drug-likeness (QED) is 0.563. The molecule has 0 bridgehead atoms. The summed E-state index contributed by atoms with van der Waals surface area (Å²) in [6.45, 7) is 0. The second kappa shape index (κ2) is 2.68. The Balaban J connectivity index is 2.98. The second-order valence-electron chi connectivity index (χ2n) is 1.53. The SMILES string of the molecule is C[S@](=O)c1cncnc1. The van der Waals surface area contributed by atoms with E-state index in [1.165, 1.54) is 6.33 Å². The van der Waals surface area contributed by atoms with Gasteiger partial charge in [-0.2, -0.15) is 0 Å². The highest BCUT2D eigenvalue weighted by Gasteiger charge is 1.93. The number of nitrogens with zero attached hydrogens (tertiary/aromatic N) is 2. The maximum absolute atomic E-state index is 10.7. The van der Waals surface area contributed by atoms with Gasteiger partial charge in [-0.3, -0.25) is 4.21 Å². The molecule has 0 aliphatic rings. The fourth-order valence-corrected chi connectivity index (χ4v) is 0.852. The van der Waals surface area contributed by atoms with Gasteiger partial charge >= 0.3 is 0 Å². The number of aromatic nitrogens is 2. The van der Waals surface area contributed by atoms with Crippen molar-refractivity contribution in [2.24, 2.45) is 0 Å². The Morgan fingerprint density at radius 3 is 2.33 bits per heavy atom. The summed E-state index contributed by atoms with van der Waals surface area (Å²) in [5.41, 5.74) is 0. The molecule has 0 aliphatic heterocycles. The van der Waals surface area contributed by atoms with Gasteiger partial charge in [0.2, 0.25) is 0 Å². The summed E-state index contributed by atoms with van der Waals surface area (Å²) in [7, 11) is -0.954. The molecular formula is C5H6N2OS. The molecule has 4 heteroatoms. The lowest BCUT2D eigenvalue weighted by Crippen LogP contribution is -1.88. The van der Waals surface area contributed by atoms with Gasteiger partial charge in [0, 0.05) is 18.6 Å². The van der Waals surface area contributed by atoms with E-state index in [1.54, 1.807) is 18.6 Å². The maximum atomic E-state index is 10.7. The topological polar surface area (TPSA) is 42.9 Å². The third kappa shape index (κ3) is 1.57. The zero-order valence-corrected chi connectivity index (χ0v) is 5.76. The van der Waals surface area contributed by atoms with E-state index in [9.17, 15) is 4.21 Å². The van der Waals surface area contributed by atoms with Crippen molar-refractivity contribution in [3.8, 4) is 0 Å². The standard InChI is InChI=1S/C5H6N2OS/c1-9(8)5-2-6-4-7-3-5/h2-4H,1H3/t9-/m0/s1. The van der Waals surface area contributed by atoms with Crippen LogP contribution in [0.2, 0.25) is 0 Å². The molecule has 0 spiro atoms. The summed E-state index contributed by atoms with van der Waals surface area (Å²) in [5.74, 6) is 0. The number of hydrogen-bond donors (Lipinski definition) is 0. The van der Waals surface area contributed by atoms with E-state index in [4.69, 9.17) is 0 Å². The van der Waals surface area contributed by atoms with Crippen LogP contribution in [-0.2, 0) is 10.8 Å². The van der Waals surface area contributed by atoms with Crippen molar-refractivity contribution in [2.75, 3.05) is 6.26 Å². The first-order chi connectivity index (χ1) is 4.30. The minimum atomic E-state index is -0.954. The van der Waals surface area contributed by atoms with Crippen LogP contribution in [0, 0.1) is 0 Å². The fraction of sp³-hybridized carbons (Fsp3) is 0.200. The van der Waals surface area contributed by atoms with Crippen molar-refractivity contribution in [3.63, 3.8) is 0 Å². The predicted molar refractivity (Wildman–Crippen MR) is 34.4 cm³/mol. The molecule has 1 aromatic rings. The fourth-order valence-electron chi connectivity index (χ4n) is 0.434. The van der Waals surface area contributed by atoms with Crippen molar-refractivity contribution < 1.29 is 4.21 Å². The van der Waals surface area contributed by atoms with Crippen molar-refractivity contribution in [2.45, 2.75) is 4.90 Å². The Hall–Kier alpha value is -0.770. The van der Waals surface area contributed by atoms with E-state index in [2.05, 4.69) is 9.97 Å². The van der Waals surface area contributed by atoms with Crippen molar-refractivity contribution in [3.05, 3.63) is 18.7 Å². The molecule has 3 nitrogen and oxygen atoms in total. The Morgan fingerprint density at radius 1 is 1.44 bits per heavy atom. The highest BCUT2D eigenvalue weighted by atomic mass is 32.2. The normalized spacial score (nSPS) is 13.0. The Morgan fingerprint density at radius 2 is 2.00 bits per heavy atom. The van der Waals surface area contributed by atoms with E-state index in [0.717, 1.165) is 0 Å². The molecule has 9 heavy (non-hydrogen) atoms. The smallest absolute Gasteiger partial charge is 0.115 e. The van der Waals surface area contributed by atoms with Crippen LogP contribution >= 0.6 is 0 Å². The van der Waals surface area contributed by atoms with Crippen LogP contribution < -0.4 is 0 Å². The Kier molecular flexibility index (Phi) is 1.89. The van der Waals surface area contributed by atoms with Crippen LogP contribution in [-0.4, -0.2) is 20.4 Å². The second-order valence-corrected chi connectivity index (χ2v) is 2.91. The summed E-state index contributed by atoms with van der Waals surface area (Å²) in [6, 6.07) is 0. The van der Waals surface area contributed by atoms with Gasteiger partial charge in [-0.15, -0.1) is 0 Å². The minimum Gasteiger partial charge on any atom is -0.255 e. The number of rotatable bonds is 1. The molecule has 0 aliphatic carbocycles. The Bertz CT molecular complexity index is 211. The lowest BCUT2D eigenvalue weighted by Gasteiger charge is -1.89. The zero-order chi connectivity index (χ0) is 6.69. The van der Waals surface area contributed by atoms with Gasteiger partial charge in [0.1, 0.15) is 6.33 Å². The molecule has 0 saturated carbocycles. The number of hydrogen-bond acceptors (Lipinski definition) is 3. The van der Waals surface area contributed by atoms with Crippen LogP contribution in [0.4, 0.5) is 0 Å². The molecule has 0 amide bonds. The van der Waals surface area contributed by atoms with Gasteiger partial charge in [0.15, 0.2) is 0 Å². The lowest BCUT2D eigenvalue weighted by atomic mass is 10.7. The summed E-state index contributed by atoms with van der Waals surface area (Å²) >= 11 is 0. The predicted octanol–water partition coefficient (Wildman–Crippen LogP) is 0.214. The highest BCUT2D eigenvalue weighted by molar-refractivity contribution is 7.84. The van der Waals surface area contributed by atoms with Crippen LogP contribution in [0.25, 0.3) is 0 Å². The molecule has 0 unspecified atom stereocenters. The molecule has 1 aromatic heterocycles. The molecule has 0 saturated heterocycles. The largest absolute Gasteiger partial charge is 0.255 e. The molecule has 0 aromatic carbocycles. The average Bonchev–Trinajstić information content (AvgIpc) is 1.90. The molecule has 1 atom stereocenters. The van der Waals surface area contributed by atoms with Crippen molar-refractivity contribution in [1.29, 1.82) is 0 Å². The van der Waals surface area contributed by atoms with E-state index >= 15 is 0 Å². The highest BCUT2D eigenvalue weighted by Crippen LogP contribution is 1.96. The van der Waals surface area contributed by atoms with Crippen LogP contribution in [0.3, 0.4) is 0 Å². The van der Waals surface area contributed by atoms with Crippen LogP contribution in [0.5, 0.6) is 0 Å². The van der Waals surface area contributed by atoms with Gasteiger partial charge in [0.05, 0.1) is 15.7 Å². The third-order valence-electron chi connectivity index (χ3n) is 0.869. The summed E-state index contributed by atoms with van der Waals surface area (Å²) in [4.78, 5) is 8.07. The monoisotopic (exact) mass is 142 g/mol. The molecule has 0 radical (unpaired) electrons. The maximum Gasteiger partial charge on any atom is 0.115 e. The average molecular weight is 142 g/mol. The van der Waals surface area contributed by atoms with Gasteiger partial charge in [-0.1, -0.05) is 0 Å². The van der Waals surface area contributed by atoms with Gasteiger partial charge in [-0.05, 0) is 0 Å². The summed E-state index contributed by atoms with van der Waals surface area (Å²) in [6.07, 6.45) is 6.10. The van der Waals surface area contributed by atoms with E-state index in [1.807, 2.05) is 0 Å². The first kappa shape index (κ1) is 6.35. The summed E-state index contributed by atoms with van der Waals surface area (Å²) in [5, 5.41) is 0. The zero-order valence-electron chi connectivity index (χ0n) is 4.94. The van der Waals surface area contributed by atoms with E-state index < -0.39 is 10.8 Å². The molecule has 0 N–H and O–H groups in total.